The summed E-state index contributed by atoms with van der Waals surface area (Å²) in [6.45, 7) is 5.16. The number of esters is 1. The fraction of sp³-hybridized carbons (Fsp3) is 0.286. The number of hydrogen-bond donors (Lipinski definition) is 2. The van der Waals surface area contributed by atoms with E-state index in [1.54, 1.807) is 0 Å². The highest BCUT2D eigenvalue weighted by molar-refractivity contribution is 5.87. The van der Waals surface area contributed by atoms with Crippen LogP contribution in [0, 0.1) is 0 Å². The minimum atomic E-state index is -1.54. The molecular weight excluding hydrogens is 332 g/mol. The van der Waals surface area contributed by atoms with E-state index in [4.69, 9.17) is 14.9 Å². The molecule has 0 saturated carbocycles. The van der Waals surface area contributed by atoms with Gasteiger partial charge in [0.05, 0.1) is 5.57 Å². The Balaban J connectivity index is 2.06. The van der Waals surface area contributed by atoms with E-state index >= 15 is 0 Å². The molecule has 0 aromatic heterocycles. The summed E-state index contributed by atoms with van der Waals surface area (Å²) < 4.78 is 10.1. The van der Waals surface area contributed by atoms with E-state index in [-0.39, 0.29) is 11.0 Å². The lowest BCUT2D eigenvalue weighted by molar-refractivity contribution is -0.168. The zero-order valence-electron chi connectivity index (χ0n) is 15.2. The van der Waals surface area contributed by atoms with Gasteiger partial charge < -0.3 is 19.7 Å². The fourth-order valence-corrected chi connectivity index (χ4v) is 2.43. The maximum Gasteiger partial charge on any atom is 0.339 e. The molecule has 0 fully saturated rings. The summed E-state index contributed by atoms with van der Waals surface area (Å²) in [5.41, 5.74) is 2.39. The van der Waals surface area contributed by atoms with Crippen molar-refractivity contribution in [3.63, 3.8) is 0 Å². The predicted molar refractivity (Wildman–Crippen MR) is 98.6 cm³/mol. The fourth-order valence-electron chi connectivity index (χ4n) is 2.43. The van der Waals surface area contributed by atoms with Crippen molar-refractivity contribution in [2.75, 3.05) is 6.61 Å². The van der Waals surface area contributed by atoms with Crippen molar-refractivity contribution in [2.24, 2.45) is 0 Å². The van der Waals surface area contributed by atoms with E-state index in [0.29, 0.717) is 5.75 Å². The van der Waals surface area contributed by atoms with Crippen LogP contribution >= 0.6 is 0 Å². The van der Waals surface area contributed by atoms with Crippen LogP contribution in [0.4, 0.5) is 0 Å². The van der Waals surface area contributed by atoms with Crippen LogP contribution in [0.3, 0.4) is 0 Å². The van der Waals surface area contributed by atoms with E-state index in [0.717, 1.165) is 5.56 Å². The summed E-state index contributed by atoms with van der Waals surface area (Å²) in [4.78, 5) is 11.6. The Bertz CT molecular complexity index is 748. The van der Waals surface area contributed by atoms with Gasteiger partial charge in [-0.25, -0.2) is 4.79 Å². The van der Waals surface area contributed by atoms with E-state index in [1.165, 1.54) is 18.7 Å². The third-order valence-corrected chi connectivity index (χ3v) is 4.16. The van der Waals surface area contributed by atoms with Crippen molar-refractivity contribution >= 4 is 5.97 Å². The Morgan fingerprint density at radius 2 is 1.65 bits per heavy atom. The molecule has 0 aliphatic carbocycles. The SMILES string of the molecule is C/C(=C\Oc1ccc(C(C)(C)c2ccccc2)cc1)C(=O)OC(O)CO. The van der Waals surface area contributed by atoms with Gasteiger partial charge in [-0.3, -0.25) is 0 Å². The van der Waals surface area contributed by atoms with Crippen LogP contribution in [0.25, 0.3) is 0 Å². The first kappa shape index (κ1) is 19.7. The Labute approximate surface area is 153 Å². The lowest BCUT2D eigenvalue weighted by Crippen LogP contribution is -2.21. The zero-order valence-corrected chi connectivity index (χ0v) is 15.2. The van der Waals surface area contributed by atoms with Crippen LogP contribution in [0.1, 0.15) is 31.9 Å². The molecule has 138 valence electrons. The van der Waals surface area contributed by atoms with Crippen LogP contribution in [-0.2, 0) is 14.9 Å². The average Bonchev–Trinajstić information content (AvgIpc) is 2.66. The summed E-state index contributed by atoms with van der Waals surface area (Å²) in [6, 6.07) is 17.9. The van der Waals surface area contributed by atoms with E-state index < -0.39 is 18.9 Å². The van der Waals surface area contributed by atoms with Crippen molar-refractivity contribution in [1.29, 1.82) is 0 Å². The predicted octanol–water partition coefficient (Wildman–Crippen LogP) is 3.15. The van der Waals surface area contributed by atoms with Crippen molar-refractivity contribution in [1.82, 2.24) is 0 Å². The van der Waals surface area contributed by atoms with Gasteiger partial charge in [0.1, 0.15) is 18.6 Å². The minimum absolute atomic E-state index is 0.143. The van der Waals surface area contributed by atoms with Crippen molar-refractivity contribution in [2.45, 2.75) is 32.5 Å². The number of hydrogen-bond acceptors (Lipinski definition) is 5. The van der Waals surface area contributed by atoms with Gasteiger partial charge >= 0.3 is 5.97 Å². The number of carbonyl (C=O) groups excluding carboxylic acids is 1. The normalized spacial score (nSPS) is 13.2. The molecule has 0 saturated heterocycles. The second-order valence-corrected chi connectivity index (χ2v) is 6.48. The Morgan fingerprint density at radius 3 is 2.23 bits per heavy atom. The van der Waals surface area contributed by atoms with Crippen LogP contribution < -0.4 is 4.74 Å². The van der Waals surface area contributed by atoms with Gasteiger partial charge in [0, 0.05) is 5.41 Å². The molecule has 1 atom stereocenters. The number of benzene rings is 2. The van der Waals surface area contributed by atoms with Gasteiger partial charge in [0.15, 0.2) is 0 Å². The van der Waals surface area contributed by atoms with Crippen LogP contribution in [-0.4, -0.2) is 29.1 Å². The highest BCUT2D eigenvalue weighted by Crippen LogP contribution is 2.32. The standard InChI is InChI=1S/C21H24O5/c1-15(20(24)26-19(23)13-22)14-25-18-11-9-17(10-12-18)21(2,3)16-7-5-4-6-8-16/h4-12,14,19,22-23H,13H2,1-3H3/b15-14+. The van der Waals surface area contributed by atoms with Gasteiger partial charge in [0.25, 0.3) is 0 Å². The molecule has 26 heavy (non-hydrogen) atoms. The molecule has 0 heterocycles. The molecule has 0 amide bonds. The highest BCUT2D eigenvalue weighted by Gasteiger charge is 2.22. The first-order chi connectivity index (χ1) is 12.3. The van der Waals surface area contributed by atoms with Gasteiger partial charge in [-0.05, 0) is 30.2 Å². The summed E-state index contributed by atoms with van der Waals surface area (Å²) in [7, 11) is 0. The van der Waals surface area contributed by atoms with Crippen LogP contribution in [0.2, 0.25) is 0 Å². The molecule has 0 radical (unpaired) electrons. The van der Waals surface area contributed by atoms with E-state index in [2.05, 4.69) is 30.7 Å². The summed E-state index contributed by atoms with van der Waals surface area (Å²) >= 11 is 0. The average molecular weight is 356 g/mol. The third-order valence-electron chi connectivity index (χ3n) is 4.16. The van der Waals surface area contributed by atoms with Gasteiger partial charge in [-0.1, -0.05) is 56.3 Å². The van der Waals surface area contributed by atoms with Gasteiger partial charge in [-0.2, -0.15) is 0 Å². The number of aliphatic hydroxyl groups excluding tert-OH is 2. The molecule has 2 aromatic rings. The number of aliphatic hydroxyl groups is 2. The molecule has 5 nitrogen and oxygen atoms in total. The molecule has 0 spiro atoms. The molecular formula is C21H24O5. The number of ether oxygens (including phenoxy) is 2. The molecule has 2 rings (SSSR count). The number of carbonyl (C=O) groups is 1. The second-order valence-electron chi connectivity index (χ2n) is 6.48. The maximum absolute atomic E-state index is 11.6. The van der Waals surface area contributed by atoms with Crippen molar-refractivity contribution in [3.8, 4) is 5.75 Å². The Morgan fingerprint density at radius 1 is 1.08 bits per heavy atom. The van der Waals surface area contributed by atoms with Gasteiger partial charge in [0.2, 0.25) is 6.29 Å². The smallest absolute Gasteiger partial charge is 0.339 e. The van der Waals surface area contributed by atoms with Crippen LogP contribution in [0.5, 0.6) is 5.75 Å². The first-order valence-electron chi connectivity index (χ1n) is 8.34. The molecule has 0 aliphatic heterocycles. The Hall–Kier alpha value is -2.63. The van der Waals surface area contributed by atoms with Crippen molar-refractivity contribution < 1.29 is 24.5 Å². The summed E-state index contributed by atoms with van der Waals surface area (Å²) in [5, 5.41) is 17.8. The van der Waals surface area contributed by atoms with E-state index in [1.807, 2.05) is 42.5 Å². The van der Waals surface area contributed by atoms with Crippen LogP contribution in [0.15, 0.2) is 66.4 Å². The highest BCUT2D eigenvalue weighted by atomic mass is 16.6. The second kappa shape index (κ2) is 8.65. The lowest BCUT2D eigenvalue weighted by Gasteiger charge is -2.26. The lowest BCUT2D eigenvalue weighted by atomic mass is 9.78. The molecule has 2 N–H and O–H groups in total. The molecule has 0 aliphatic rings. The quantitative estimate of drug-likeness (QED) is 0.345. The Kier molecular flexibility index (Phi) is 6.55. The summed E-state index contributed by atoms with van der Waals surface area (Å²) in [5.74, 6) is -0.180. The molecule has 0 bridgehead atoms. The largest absolute Gasteiger partial charge is 0.464 e. The first-order valence-corrected chi connectivity index (χ1v) is 8.34. The maximum atomic E-state index is 11.6. The summed E-state index contributed by atoms with van der Waals surface area (Å²) in [6.07, 6.45) is -0.283. The monoisotopic (exact) mass is 356 g/mol. The zero-order chi connectivity index (χ0) is 19.2. The number of rotatable bonds is 7. The van der Waals surface area contributed by atoms with Gasteiger partial charge in [-0.15, -0.1) is 0 Å². The molecule has 2 aromatic carbocycles. The van der Waals surface area contributed by atoms with E-state index in [9.17, 15) is 4.79 Å². The molecule has 5 heteroatoms. The third kappa shape index (κ3) is 4.94. The minimum Gasteiger partial charge on any atom is -0.464 e. The molecule has 1 unspecified atom stereocenters. The topological polar surface area (TPSA) is 76.0 Å². The van der Waals surface area contributed by atoms with Crippen molar-refractivity contribution in [3.05, 3.63) is 77.6 Å².